The van der Waals surface area contributed by atoms with Gasteiger partial charge < -0.3 is 15.2 Å². The molecule has 0 radical (unpaired) electrons. The summed E-state index contributed by atoms with van der Waals surface area (Å²) >= 11 is 0. The van der Waals surface area contributed by atoms with Crippen LogP contribution in [0.15, 0.2) is 92.3 Å². The van der Waals surface area contributed by atoms with Crippen molar-refractivity contribution in [3.63, 3.8) is 0 Å². The number of pyridine rings is 1. The van der Waals surface area contributed by atoms with Gasteiger partial charge in [0.1, 0.15) is 0 Å². The van der Waals surface area contributed by atoms with Crippen LogP contribution in [-0.2, 0) is 6.18 Å². The highest BCUT2D eigenvalue weighted by Crippen LogP contribution is 2.34. The first-order chi connectivity index (χ1) is 18.7. The minimum Gasteiger partial charge on any atom is -0.355 e. The molecule has 0 bridgehead atoms. The van der Waals surface area contributed by atoms with Crippen molar-refractivity contribution in [2.24, 2.45) is 0 Å². The smallest absolute Gasteiger partial charge is 0.355 e. The molecule has 3 aromatic heterocycles. The van der Waals surface area contributed by atoms with Crippen molar-refractivity contribution in [1.82, 2.24) is 24.5 Å². The van der Waals surface area contributed by atoms with Crippen molar-refractivity contribution in [3.8, 4) is 16.9 Å². The molecule has 5 aromatic rings. The van der Waals surface area contributed by atoms with E-state index in [-0.39, 0.29) is 5.69 Å². The molecule has 0 amide bonds. The minimum atomic E-state index is -4.52. The summed E-state index contributed by atoms with van der Waals surface area (Å²) in [6.45, 7) is 7.77. The van der Waals surface area contributed by atoms with Crippen LogP contribution in [0, 0.1) is 13.8 Å². The first-order valence-electron chi connectivity index (χ1n) is 12.0. The molecule has 2 aromatic carbocycles. The SMILES string of the molecule is C=C(Nc1cc(-n2cnc(C)c2)cc(C(F)(F)F)c1)c1ccc(C)c(Nc2nccc(-c3cccnc3)n2)c1. The van der Waals surface area contributed by atoms with Crippen LogP contribution in [-0.4, -0.2) is 24.5 Å². The van der Waals surface area contributed by atoms with Crippen LogP contribution < -0.4 is 10.6 Å². The standard InChI is InChI=1S/C29H24F3N7/c1-18-6-7-21(11-27(18)38-28-34-10-8-26(37-28)22-5-4-9-33-15-22)20(3)36-24-12-23(29(30,31)32)13-25(14-24)39-16-19(2)35-17-39/h4-17,36H,3H2,1-2H3,(H,34,37,38). The monoisotopic (exact) mass is 527 g/mol. The van der Waals surface area contributed by atoms with Crippen molar-refractivity contribution in [2.45, 2.75) is 20.0 Å². The number of aromatic nitrogens is 5. The molecule has 3 heterocycles. The van der Waals surface area contributed by atoms with Crippen LogP contribution in [0.3, 0.4) is 0 Å². The molecular formula is C29H24F3N7. The third-order valence-corrected chi connectivity index (χ3v) is 6.00. The summed E-state index contributed by atoms with van der Waals surface area (Å²) in [7, 11) is 0. The van der Waals surface area contributed by atoms with E-state index in [1.54, 1.807) is 48.4 Å². The highest BCUT2D eigenvalue weighted by atomic mass is 19.4. The molecule has 0 atom stereocenters. The fourth-order valence-electron chi connectivity index (χ4n) is 3.96. The van der Waals surface area contributed by atoms with Gasteiger partial charge >= 0.3 is 6.18 Å². The largest absolute Gasteiger partial charge is 0.416 e. The maximum absolute atomic E-state index is 13.7. The number of nitrogens with zero attached hydrogens (tertiary/aromatic N) is 5. The van der Waals surface area contributed by atoms with Gasteiger partial charge in [0.15, 0.2) is 0 Å². The molecule has 2 N–H and O–H groups in total. The van der Waals surface area contributed by atoms with Gasteiger partial charge in [-0.15, -0.1) is 0 Å². The summed E-state index contributed by atoms with van der Waals surface area (Å²) in [6, 6.07) is 14.9. The summed E-state index contributed by atoms with van der Waals surface area (Å²) < 4.78 is 42.6. The van der Waals surface area contributed by atoms with Crippen molar-refractivity contribution >= 4 is 23.0 Å². The van der Waals surface area contributed by atoms with Gasteiger partial charge in [0.2, 0.25) is 5.95 Å². The summed E-state index contributed by atoms with van der Waals surface area (Å²) in [5, 5.41) is 6.27. The zero-order valence-electron chi connectivity index (χ0n) is 21.2. The van der Waals surface area contributed by atoms with Crippen LogP contribution >= 0.6 is 0 Å². The van der Waals surface area contributed by atoms with Gasteiger partial charge in [-0.3, -0.25) is 4.98 Å². The molecule has 0 saturated heterocycles. The Morgan fingerprint density at radius 1 is 0.974 bits per heavy atom. The number of hydrogen-bond donors (Lipinski definition) is 2. The average Bonchev–Trinajstić information content (AvgIpc) is 3.36. The highest BCUT2D eigenvalue weighted by molar-refractivity contribution is 5.79. The lowest BCUT2D eigenvalue weighted by Crippen LogP contribution is -2.08. The number of nitrogens with one attached hydrogen (secondary N) is 2. The fraction of sp³-hybridized carbons (Fsp3) is 0.103. The van der Waals surface area contributed by atoms with E-state index in [9.17, 15) is 13.2 Å². The number of aryl methyl sites for hydroxylation is 2. The Morgan fingerprint density at radius 2 is 1.82 bits per heavy atom. The summed E-state index contributed by atoms with van der Waals surface area (Å²) in [5.74, 6) is 0.397. The third-order valence-electron chi connectivity index (χ3n) is 6.00. The minimum absolute atomic E-state index is 0.249. The van der Waals surface area contributed by atoms with Crippen LogP contribution in [0.4, 0.5) is 30.5 Å². The lowest BCUT2D eigenvalue weighted by Gasteiger charge is -2.17. The molecule has 0 spiro atoms. The van der Waals surface area contributed by atoms with Gasteiger partial charge in [0.05, 0.1) is 23.3 Å². The fourth-order valence-corrected chi connectivity index (χ4v) is 3.96. The molecular weight excluding hydrogens is 503 g/mol. The summed E-state index contributed by atoms with van der Waals surface area (Å²) in [5.41, 5.74) is 4.84. The molecule has 0 aliphatic heterocycles. The molecule has 10 heteroatoms. The van der Waals surface area contributed by atoms with E-state index in [4.69, 9.17) is 0 Å². The summed E-state index contributed by atoms with van der Waals surface area (Å²) in [4.78, 5) is 17.2. The topological polar surface area (TPSA) is 80.5 Å². The van der Waals surface area contributed by atoms with E-state index in [1.807, 2.05) is 37.3 Å². The van der Waals surface area contributed by atoms with Gasteiger partial charge in [-0.2, -0.15) is 13.2 Å². The predicted molar refractivity (Wildman–Crippen MR) is 146 cm³/mol. The van der Waals surface area contributed by atoms with E-state index in [0.29, 0.717) is 34.3 Å². The van der Waals surface area contributed by atoms with Gasteiger partial charge in [-0.25, -0.2) is 15.0 Å². The maximum atomic E-state index is 13.7. The number of rotatable bonds is 7. The van der Waals surface area contributed by atoms with E-state index in [0.717, 1.165) is 28.9 Å². The number of imidazole rings is 1. The Kier molecular flexibility index (Phi) is 6.84. The van der Waals surface area contributed by atoms with Crippen LogP contribution in [0.2, 0.25) is 0 Å². The second-order valence-electron chi connectivity index (χ2n) is 8.95. The molecule has 0 fully saturated rings. The van der Waals surface area contributed by atoms with Crippen molar-refractivity contribution in [1.29, 1.82) is 0 Å². The van der Waals surface area contributed by atoms with E-state index in [2.05, 4.69) is 37.1 Å². The molecule has 39 heavy (non-hydrogen) atoms. The Bertz CT molecular complexity index is 1640. The lowest BCUT2D eigenvalue weighted by atomic mass is 10.1. The van der Waals surface area contributed by atoms with Crippen LogP contribution in [0.25, 0.3) is 22.6 Å². The maximum Gasteiger partial charge on any atom is 0.416 e. The first-order valence-corrected chi connectivity index (χ1v) is 12.0. The first kappa shape index (κ1) is 25.7. The quantitative estimate of drug-likeness (QED) is 0.233. The molecule has 7 nitrogen and oxygen atoms in total. The Balaban J connectivity index is 1.41. The molecule has 5 rings (SSSR count). The van der Waals surface area contributed by atoms with Gasteiger partial charge in [-0.05, 0) is 67.4 Å². The zero-order chi connectivity index (χ0) is 27.6. The zero-order valence-corrected chi connectivity index (χ0v) is 21.2. The number of anilines is 3. The van der Waals surface area contributed by atoms with Gasteiger partial charge in [0.25, 0.3) is 0 Å². The van der Waals surface area contributed by atoms with Crippen LogP contribution in [0.1, 0.15) is 22.4 Å². The normalized spacial score (nSPS) is 11.3. The molecule has 196 valence electrons. The van der Waals surface area contributed by atoms with Gasteiger partial charge in [0, 0.05) is 53.1 Å². The molecule has 0 aliphatic carbocycles. The molecule has 0 unspecified atom stereocenters. The van der Waals surface area contributed by atoms with Crippen molar-refractivity contribution in [3.05, 3.63) is 115 Å². The van der Waals surface area contributed by atoms with E-state index < -0.39 is 11.7 Å². The molecule has 0 saturated carbocycles. The Labute approximate surface area is 223 Å². The van der Waals surface area contributed by atoms with Gasteiger partial charge in [-0.1, -0.05) is 18.7 Å². The number of hydrogen-bond acceptors (Lipinski definition) is 6. The number of halogens is 3. The number of benzene rings is 2. The van der Waals surface area contributed by atoms with E-state index >= 15 is 0 Å². The molecule has 0 aliphatic rings. The highest BCUT2D eigenvalue weighted by Gasteiger charge is 2.31. The van der Waals surface area contributed by atoms with Crippen molar-refractivity contribution < 1.29 is 13.2 Å². The Morgan fingerprint density at radius 3 is 2.54 bits per heavy atom. The summed E-state index contributed by atoms with van der Waals surface area (Å²) in [6.07, 6.45) is 3.70. The third kappa shape index (κ3) is 5.96. The van der Waals surface area contributed by atoms with Crippen molar-refractivity contribution in [2.75, 3.05) is 10.6 Å². The second kappa shape index (κ2) is 10.4. The van der Waals surface area contributed by atoms with E-state index in [1.165, 1.54) is 6.33 Å². The Hall–Kier alpha value is -4.99. The second-order valence-corrected chi connectivity index (χ2v) is 8.95. The number of alkyl halides is 3. The lowest BCUT2D eigenvalue weighted by molar-refractivity contribution is -0.137. The predicted octanol–water partition coefficient (Wildman–Crippen LogP) is 7.19. The average molecular weight is 528 g/mol. The van der Waals surface area contributed by atoms with Crippen LogP contribution in [0.5, 0.6) is 0 Å².